The van der Waals surface area contributed by atoms with Crippen LogP contribution in [0.1, 0.15) is 42.5 Å². The van der Waals surface area contributed by atoms with Crippen LogP contribution < -0.4 is 29.4 Å². The molecule has 1 atom stereocenters. The molecule has 4 rings (SSSR count). The van der Waals surface area contributed by atoms with Crippen molar-refractivity contribution in [2.75, 3.05) is 33.4 Å². The van der Waals surface area contributed by atoms with Crippen LogP contribution in [0, 0.1) is 0 Å². The van der Waals surface area contributed by atoms with Crippen molar-refractivity contribution in [3.8, 4) is 23.0 Å². The Morgan fingerprint density at radius 3 is 2.00 bits per heavy atom. The van der Waals surface area contributed by atoms with E-state index >= 15 is 0 Å². The summed E-state index contributed by atoms with van der Waals surface area (Å²) < 4.78 is 22.2. The molecule has 1 N–H and O–H groups in total. The van der Waals surface area contributed by atoms with Crippen LogP contribution in [0.2, 0.25) is 0 Å². The Morgan fingerprint density at radius 2 is 1.39 bits per heavy atom. The predicted octanol–water partition coefficient (Wildman–Crippen LogP) is 6.51. The minimum absolute atomic E-state index is 0.119. The summed E-state index contributed by atoms with van der Waals surface area (Å²) in [5, 5.41) is 2.14. The van der Waals surface area contributed by atoms with Crippen molar-refractivity contribution >= 4 is 11.8 Å². The van der Waals surface area contributed by atoms with Gasteiger partial charge in [0.05, 0.1) is 45.9 Å². The molecule has 0 saturated carbocycles. The standard InChI is InChI=1S/C30H34N2O4/c1-20(2)21-8-11-24(12-9-21)32-28(27-19-26(34-4)14-16-30(27)36-6)18-23(31-32)10-7-22-17-25(33-3)13-15-29(22)35-5/h7-20,28,31H,1-6H3. The van der Waals surface area contributed by atoms with Gasteiger partial charge in [-0.05, 0) is 78.2 Å². The van der Waals surface area contributed by atoms with E-state index < -0.39 is 0 Å². The summed E-state index contributed by atoms with van der Waals surface area (Å²) in [6.07, 6.45) is 6.24. The van der Waals surface area contributed by atoms with Gasteiger partial charge in [0.1, 0.15) is 23.0 Å². The number of hydrogen-bond donors (Lipinski definition) is 1. The van der Waals surface area contributed by atoms with Gasteiger partial charge in [0.2, 0.25) is 0 Å². The summed E-state index contributed by atoms with van der Waals surface area (Å²) >= 11 is 0. The van der Waals surface area contributed by atoms with E-state index in [1.165, 1.54) is 5.56 Å². The minimum atomic E-state index is -0.119. The first-order valence-electron chi connectivity index (χ1n) is 12.0. The topological polar surface area (TPSA) is 52.2 Å². The molecular formula is C30H34N2O4. The molecule has 3 aromatic rings. The average Bonchev–Trinajstić information content (AvgIpc) is 3.35. The van der Waals surface area contributed by atoms with Gasteiger partial charge in [-0.3, -0.25) is 10.4 Å². The van der Waals surface area contributed by atoms with E-state index in [1.807, 2.05) is 48.6 Å². The SMILES string of the molecule is COc1ccc(OC)c(C=CC2=CC(c3cc(OC)ccc3OC)N(c3ccc(C(C)C)cc3)N2)c1. The molecule has 1 aliphatic rings. The molecule has 0 fully saturated rings. The van der Waals surface area contributed by atoms with Gasteiger partial charge in [-0.1, -0.05) is 26.0 Å². The normalized spacial score (nSPS) is 15.1. The highest BCUT2D eigenvalue weighted by Gasteiger charge is 2.28. The Bertz CT molecular complexity index is 1250. The maximum atomic E-state index is 5.72. The second-order valence-electron chi connectivity index (χ2n) is 8.84. The molecule has 0 saturated heterocycles. The summed E-state index contributed by atoms with van der Waals surface area (Å²) in [5.41, 5.74) is 8.79. The number of anilines is 1. The Morgan fingerprint density at radius 1 is 0.750 bits per heavy atom. The van der Waals surface area contributed by atoms with Crippen molar-refractivity contribution in [1.82, 2.24) is 5.43 Å². The molecule has 188 valence electrons. The van der Waals surface area contributed by atoms with Gasteiger partial charge < -0.3 is 18.9 Å². The zero-order valence-electron chi connectivity index (χ0n) is 21.7. The van der Waals surface area contributed by atoms with E-state index in [9.17, 15) is 0 Å². The number of hydrazine groups is 1. The van der Waals surface area contributed by atoms with E-state index in [0.717, 1.165) is 45.5 Å². The number of allylic oxidation sites excluding steroid dienone is 1. The fourth-order valence-electron chi connectivity index (χ4n) is 4.28. The maximum absolute atomic E-state index is 5.72. The second-order valence-corrected chi connectivity index (χ2v) is 8.84. The zero-order valence-corrected chi connectivity index (χ0v) is 21.7. The number of methoxy groups -OCH3 is 4. The van der Waals surface area contributed by atoms with Crippen LogP contribution in [-0.2, 0) is 0 Å². The van der Waals surface area contributed by atoms with Gasteiger partial charge in [-0.25, -0.2) is 0 Å². The summed E-state index contributed by atoms with van der Waals surface area (Å²) in [6.45, 7) is 4.40. The molecule has 3 aromatic carbocycles. The van der Waals surface area contributed by atoms with Crippen molar-refractivity contribution in [2.24, 2.45) is 0 Å². The average molecular weight is 487 g/mol. The molecule has 6 heteroatoms. The lowest BCUT2D eigenvalue weighted by Gasteiger charge is -2.29. The van der Waals surface area contributed by atoms with E-state index in [0.29, 0.717) is 5.92 Å². The van der Waals surface area contributed by atoms with Gasteiger partial charge in [-0.2, -0.15) is 0 Å². The monoisotopic (exact) mass is 486 g/mol. The van der Waals surface area contributed by atoms with E-state index in [-0.39, 0.29) is 6.04 Å². The Balaban J connectivity index is 1.74. The second kappa shape index (κ2) is 11.1. The Kier molecular flexibility index (Phi) is 7.74. The first kappa shape index (κ1) is 25.0. The Labute approximate surface area is 213 Å². The number of ether oxygens (including phenoxy) is 4. The van der Waals surface area contributed by atoms with Crippen molar-refractivity contribution in [1.29, 1.82) is 0 Å². The van der Waals surface area contributed by atoms with Gasteiger partial charge in [0.25, 0.3) is 0 Å². The summed E-state index contributed by atoms with van der Waals surface area (Å²) in [5.74, 6) is 3.59. The lowest BCUT2D eigenvalue weighted by atomic mass is 10.0. The molecule has 0 radical (unpaired) electrons. The van der Waals surface area contributed by atoms with Gasteiger partial charge in [0, 0.05) is 11.1 Å². The van der Waals surface area contributed by atoms with Crippen molar-refractivity contribution < 1.29 is 18.9 Å². The Hall–Kier alpha value is -4.06. The molecule has 6 nitrogen and oxygen atoms in total. The zero-order chi connectivity index (χ0) is 25.7. The van der Waals surface area contributed by atoms with Crippen molar-refractivity contribution in [3.05, 3.63) is 95.2 Å². The largest absolute Gasteiger partial charge is 0.497 e. The van der Waals surface area contributed by atoms with Gasteiger partial charge in [0.15, 0.2) is 0 Å². The fraction of sp³-hybridized carbons (Fsp3) is 0.267. The molecular weight excluding hydrogens is 452 g/mol. The van der Waals surface area contributed by atoms with Crippen molar-refractivity contribution in [3.63, 3.8) is 0 Å². The van der Waals surface area contributed by atoms with Crippen LogP contribution in [0.15, 0.2) is 78.5 Å². The molecule has 1 aliphatic heterocycles. The predicted molar refractivity (Wildman–Crippen MR) is 145 cm³/mol. The van der Waals surface area contributed by atoms with Crippen LogP contribution >= 0.6 is 0 Å². The molecule has 0 aromatic heterocycles. The molecule has 36 heavy (non-hydrogen) atoms. The number of hydrogen-bond acceptors (Lipinski definition) is 6. The third-order valence-electron chi connectivity index (χ3n) is 6.34. The molecule has 0 bridgehead atoms. The highest BCUT2D eigenvalue weighted by Crippen LogP contribution is 2.39. The summed E-state index contributed by atoms with van der Waals surface area (Å²) in [7, 11) is 6.69. The van der Waals surface area contributed by atoms with Crippen LogP contribution in [0.25, 0.3) is 6.08 Å². The number of benzene rings is 3. The van der Waals surface area contributed by atoms with Crippen LogP contribution in [-0.4, -0.2) is 28.4 Å². The number of rotatable bonds is 9. The minimum Gasteiger partial charge on any atom is -0.497 e. The first-order chi connectivity index (χ1) is 17.5. The lowest BCUT2D eigenvalue weighted by molar-refractivity contribution is 0.396. The molecule has 1 unspecified atom stereocenters. The van der Waals surface area contributed by atoms with Gasteiger partial charge >= 0.3 is 0 Å². The fourth-order valence-corrected chi connectivity index (χ4v) is 4.28. The smallest absolute Gasteiger partial charge is 0.126 e. The van der Waals surface area contributed by atoms with Crippen molar-refractivity contribution in [2.45, 2.75) is 25.8 Å². The summed E-state index contributed by atoms with van der Waals surface area (Å²) in [4.78, 5) is 0. The van der Waals surface area contributed by atoms with Gasteiger partial charge in [-0.15, -0.1) is 0 Å². The highest BCUT2D eigenvalue weighted by molar-refractivity contribution is 5.64. The third kappa shape index (κ3) is 5.28. The number of nitrogens with one attached hydrogen (secondary N) is 1. The molecule has 0 spiro atoms. The van der Waals surface area contributed by atoms with Crippen LogP contribution in [0.3, 0.4) is 0 Å². The quantitative estimate of drug-likeness (QED) is 0.372. The van der Waals surface area contributed by atoms with E-state index in [1.54, 1.807) is 28.4 Å². The molecule has 0 amide bonds. The van der Waals surface area contributed by atoms with E-state index in [4.69, 9.17) is 18.9 Å². The van der Waals surface area contributed by atoms with Crippen LogP contribution in [0.4, 0.5) is 5.69 Å². The van der Waals surface area contributed by atoms with Crippen LogP contribution in [0.5, 0.6) is 23.0 Å². The number of nitrogens with zero attached hydrogens (tertiary/aromatic N) is 1. The first-order valence-corrected chi connectivity index (χ1v) is 12.0. The third-order valence-corrected chi connectivity index (χ3v) is 6.34. The maximum Gasteiger partial charge on any atom is 0.126 e. The lowest BCUT2D eigenvalue weighted by Crippen LogP contribution is -2.34. The molecule has 0 aliphatic carbocycles. The van der Waals surface area contributed by atoms with E-state index in [2.05, 4.69) is 54.6 Å². The summed E-state index contributed by atoms with van der Waals surface area (Å²) in [6, 6.07) is 20.1. The highest BCUT2D eigenvalue weighted by atomic mass is 16.5. The molecule has 1 heterocycles.